The Labute approximate surface area is 170 Å². The van der Waals surface area contributed by atoms with Gasteiger partial charge in [0.05, 0.1) is 0 Å². The Morgan fingerprint density at radius 3 is 2.69 bits per heavy atom. The summed E-state index contributed by atoms with van der Waals surface area (Å²) >= 11 is 6.11. The van der Waals surface area contributed by atoms with Gasteiger partial charge in [-0.05, 0) is 48.0 Å². The molecule has 2 aromatic heterocycles. The molecule has 0 radical (unpaired) electrons. The number of nitrogens with zero attached hydrogens (tertiary/aromatic N) is 3. The first-order valence-electron chi connectivity index (χ1n) is 8.85. The van der Waals surface area contributed by atoms with Crippen LogP contribution in [0.5, 0.6) is 0 Å². The summed E-state index contributed by atoms with van der Waals surface area (Å²) < 4.78 is 20.1. The molecule has 0 atom stereocenters. The first-order chi connectivity index (χ1) is 14.1. The minimum absolute atomic E-state index is 0.0844. The van der Waals surface area contributed by atoms with Crippen molar-refractivity contribution in [2.45, 2.75) is 13.1 Å². The van der Waals surface area contributed by atoms with Crippen molar-refractivity contribution in [3.05, 3.63) is 83.3 Å². The second-order valence-corrected chi connectivity index (χ2v) is 6.73. The average molecular weight is 411 g/mol. The van der Waals surface area contributed by atoms with Crippen molar-refractivity contribution in [1.29, 1.82) is 0 Å². The van der Waals surface area contributed by atoms with Crippen molar-refractivity contribution in [1.82, 2.24) is 20.0 Å². The van der Waals surface area contributed by atoms with Crippen molar-refractivity contribution >= 4 is 17.5 Å². The highest BCUT2D eigenvalue weighted by molar-refractivity contribution is 6.31. The van der Waals surface area contributed by atoms with Gasteiger partial charge in [-0.1, -0.05) is 35.0 Å². The maximum Gasteiger partial charge on any atom is 0.274 e. The van der Waals surface area contributed by atoms with Gasteiger partial charge in [0.1, 0.15) is 18.1 Å². The lowest BCUT2D eigenvalue weighted by Crippen LogP contribution is -2.27. The second kappa shape index (κ2) is 8.28. The van der Waals surface area contributed by atoms with E-state index < -0.39 is 0 Å². The van der Waals surface area contributed by atoms with Crippen LogP contribution in [0.1, 0.15) is 5.56 Å². The van der Waals surface area contributed by atoms with Crippen LogP contribution in [0.4, 0.5) is 4.39 Å². The number of carbonyl (C=O) groups excluding carboxylic acids is 1. The first-order valence-corrected chi connectivity index (χ1v) is 9.23. The molecule has 4 rings (SSSR count). The third-order valence-electron chi connectivity index (χ3n) is 4.32. The van der Waals surface area contributed by atoms with Crippen LogP contribution in [-0.4, -0.2) is 20.6 Å². The number of amides is 1. The Hall–Kier alpha value is -3.45. The fraction of sp³-hybridized carbons (Fsp3) is 0.0952. The summed E-state index contributed by atoms with van der Waals surface area (Å²) in [5.74, 6) is 0.0962. The molecule has 146 valence electrons. The van der Waals surface area contributed by atoms with Gasteiger partial charge in [-0.15, -0.1) is 0 Å². The molecule has 2 heterocycles. The van der Waals surface area contributed by atoms with Crippen molar-refractivity contribution < 1.29 is 13.7 Å². The van der Waals surface area contributed by atoms with Gasteiger partial charge in [0.2, 0.25) is 11.7 Å². The van der Waals surface area contributed by atoms with E-state index in [4.69, 9.17) is 16.1 Å². The van der Waals surface area contributed by atoms with Gasteiger partial charge in [0, 0.05) is 23.3 Å². The molecule has 1 N–H and O–H groups in total. The summed E-state index contributed by atoms with van der Waals surface area (Å²) in [6.45, 7) is 0.422. The second-order valence-electron chi connectivity index (χ2n) is 6.32. The van der Waals surface area contributed by atoms with Crippen LogP contribution in [-0.2, 0) is 17.9 Å². The Kier molecular flexibility index (Phi) is 5.39. The van der Waals surface area contributed by atoms with Crippen molar-refractivity contribution in [2.24, 2.45) is 0 Å². The number of hydrogen-bond donors (Lipinski definition) is 1. The largest absolute Gasteiger partial charge is 0.350 e. The molecular formula is C21H16ClFN4O2. The lowest BCUT2D eigenvalue weighted by Gasteiger charge is -2.09. The normalized spacial score (nSPS) is 10.8. The summed E-state index contributed by atoms with van der Waals surface area (Å²) in [7, 11) is 0. The zero-order valence-corrected chi connectivity index (χ0v) is 15.9. The molecule has 1 amide bonds. The third-order valence-corrected chi connectivity index (χ3v) is 4.69. The summed E-state index contributed by atoms with van der Waals surface area (Å²) in [5, 5.41) is 7.39. The van der Waals surface area contributed by atoms with Gasteiger partial charge in [-0.3, -0.25) is 4.79 Å². The van der Waals surface area contributed by atoms with E-state index in [1.165, 1.54) is 12.1 Å². The first kappa shape index (κ1) is 18.9. The van der Waals surface area contributed by atoms with Crippen LogP contribution in [0.3, 0.4) is 0 Å². The van der Waals surface area contributed by atoms with E-state index in [1.54, 1.807) is 41.1 Å². The average Bonchev–Trinajstić information content (AvgIpc) is 3.37. The lowest BCUT2D eigenvalue weighted by atomic mass is 10.2. The summed E-state index contributed by atoms with van der Waals surface area (Å²) in [6, 6.07) is 16.7. The Morgan fingerprint density at radius 2 is 1.90 bits per heavy atom. The van der Waals surface area contributed by atoms with E-state index >= 15 is 0 Å². The minimum atomic E-state index is -0.339. The molecule has 0 bridgehead atoms. The smallest absolute Gasteiger partial charge is 0.274 e. The predicted molar refractivity (Wildman–Crippen MR) is 106 cm³/mol. The van der Waals surface area contributed by atoms with Gasteiger partial charge in [-0.2, -0.15) is 4.98 Å². The number of halogens is 2. The van der Waals surface area contributed by atoms with Gasteiger partial charge in [0.15, 0.2) is 0 Å². The van der Waals surface area contributed by atoms with Crippen LogP contribution in [0.25, 0.3) is 23.0 Å². The molecule has 0 fully saturated rings. The molecule has 4 aromatic rings. The van der Waals surface area contributed by atoms with Crippen molar-refractivity contribution in [3.63, 3.8) is 0 Å². The predicted octanol–water partition coefficient (Wildman–Crippen LogP) is 4.31. The van der Waals surface area contributed by atoms with Crippen molar-refractivity contribution in [3.8, 4) is 23.0 Å². The number of benzene rings is 2. The Morgan fingerprint density at radius 1 is 1.10 bits per heavy atom. The number of nitrogens with one attached hydrogen (secondary N) is 1. The standard InChI is InChI=1S/C21H16ClFN4O2/c22-17-5-2-1-4-15(17)12-24-19(28)13-27-11-3-6-18(27)21-25-20(26-29-21)14-7-9-16(23)10-8-14/h1-11H,12-13H2,(H,24,28). The molecule has 0 unspecified atom stereocenters. The van der Waals surface area contributed by atoms with Crippen molar-refractivity contribution in [2.75, 3.05) is 0 Å². The monoisotopic (exact) mass is 410 g/mol. The molecule has 6 nitrogen and oxygen atoms in total. The third kappa shape index (κ3) is 4.35. The summed E-state index contributed by atoms with van der Waals surface area (Å²) in [5.41, 5.74) is 2.09. The molecule has 0 spiro atoms. The Bertz CT molecular complexity index is 1140. The SMILES string of the molecule is O=C(Cn1cccc1-c1nc(-c2ccc(F)cc2)no1)NCc1ccccc1Cl. The van der Waals surface area contributed by atoms with E-state index in [0.717, 1.165) is 5.56 Å². The zero-order valence-electron chi connectivity index (χ0n) is 15.2. The maximum absolute atomic E-state index is 13.1. The van der Waals surface area contributed by atoms with E-state index in [9.17, 15) is 9.18 Å². The van der Waals surface area contributed by atoms with Gasteiger partial charge < -0.3 is 14.4 Å². The quantitative estimate of drug-likeness (QED) is 0.514. The topological polar surface area (TPSA) is 73.0 Å². The molecule has 0 aliphatic rings. The molecule has 0 aliphatic carbocycles. The van der Waals surface area contributed by atoms with E-state index in [2.05, 4.69) is 15.5 Å². The number of rotatable bonds is 6. The van der Waals surface area contributed by atoms with E-state index in [-0.39, 0.29) is 24.2 Å². The zero-order chi connectivity index (χ0) is 20.2. The van der Waals surface area contributed by atoms with Gasteiger partial charge in [-0.25, -0.2) is 4.39 Å². The molecular weight excluding hydrogens is 395 g/mol. The lowest BCUT2D eigenvalue weighted by molar-refractivity contribution is -0.121. The van der Waals surface area contributed by atoms with Gasteiger partial charge >= 0.3 is 0 Å². The summed E-state index contributed by atoms with van der Waals surface area (Å²) in [6.07, 6.45) is 1.76. The van der Waals surface area contributed by atoms with Crippen LogP contribution in [0, 0.1) is 5.82 Å². The van der Waals surface area contributed by atoms with Crippen LogP contribution < -0.4 is 5.32 Å². The Balaban J connectivity index is 1.45. The van der Waals surface area contributed by atoms with Crippen LogP contribution >= 0.6 is 11.6 Å². The van der Waals surface area contributed by atoms with Crippen LogP contribution in [0.2, 0.25) is 5.02 Å². The van der Waals surface area contributed by atoms with Gasteiger partial charge in [0.25, 0.3) is 5.89 Å². The number of carbonyl (C=O) groups is 1. The molecule has 0 saturated carbocycles. The summed E-state index contributed by atoms with van der Waals surface area (Å²) in [4.78, 5) is 16.7. The highest BCUT2D eigenvalue weighted by Crippen LogP contribution is 2.23. The number of aromatic nitrogens is 3. The molecule has 2 aromatic carbocycles. The highest BCUT2D eigenvalue weighted by atomic mass is 35.5. The van der Waals surface area contributed by atoms with Crippen LogP contribution in [0.15, 0.2) is 71.4 Å². The van der Waals surface area contributed by atoms with E-state index in [1.807, 2.05) is 18.2 Å². The maximum atomic E-state index is 13.1. The number of hydrogen-bond acceptors (Lipinski definition) is 4. The molecule has 0 saturated heterocycles. The van der Waals surface area contributed by atoms with E-state index in [0.29, 0.717) is 28.6 Å². The fourth-order valence-corrected chi connectivity index (χ4v) is 3.04. The molecule has 29 heavy (non-hydrogen) atoms. The molecule has 8 heteroatoms. The molecule has 0 aliphatic heterocycles. The fourth-order valence-electron chi connectivity index (χ4n) is 2.84. The minimum Gasteiger partial charge on any atom is -0.350 e. The highest BCUT2D eigenvalue weighted by Gasteiger charge is 2.15.